The summed E-state index contributed by atoms with van der Waals surface area (Å²) in [5.41, 5.74) is 9.91. The Bertz CT molecular complexity index is 4820. The lowest BCUT2D eigenvalue weighted by Gasteiger charge is -2.32. The average Bonchev–Trinajstić information content (AvgIpc) is 1.55. The molecule has 1 fully saturated rings. The Hall–Kier alpha value is -4.32. The van der Waals surface area contributed by atoms with Crippen LogP contribution in [0.3, 0.4) is 0 Å². The van der Waals surface area contributed by atoms with Gasteiger partial charge in [-0.25, -0.2) is 0 Å². The zero-order valence-electron chi connectivity index (χ0n) is 95.2. The number of amides is 4. The molecule has 832 valence electrons. The molecule has 0 radical (unpaired) electrons. The van der Waals surface area contributed by atoms with E-state index in [-0.39, 0.29) is 49.4 Å². The minimum Gasteiger partial charge on any atom is -0.399 e. The molecule has 12 rings (SSSR count). The van der Waals surface area contributed by atoms with Gasteiger partial charge in [-0.3, -0.25) is 19.2 Å². The third-order valence-electron chi connectivity index (χ3n) is 32.1. The predicted molar refractivity (Wildman–Crippen MR) is 665 cm³/mol. The molecule has 20 heteroatoms. The van der Waals surface area contributed by atoms with Crippen molar-refractivity contribution in [1.82, 2.24) is 19.6 Å². The van der Waals surface area contributed by atoms with Gasteiger partial charge in [0.15, 0.2) is 0 Å². The topological polar surface area (TPSA) is 99.7 Å². The molecule has 7 aromatic rings. The highest BCUT2D eigenvalue weighted by Gasteiger charge is 2.54. The number of aryl methyl sites for hydroxylation is 3. The quantitative estimate of drug-likeness (QED) is 0.0278. The zero-order chi connectivity index (χ0) is 106. The summed E-state index contributed by atoms with van der Waals surface area (Å²) in [6.45, 7) is 36.3. The molecule has 0 aliphatic carbocycles. The van der Waals surface area contributed by atoms with Crippen molar-refractivity contribution in [3.8, 4) is 19.5 Å². The van der Waals surface area contributed by atoms with Crippen LogP contribution in [0.15, 0.2) is 113 Å². The Morgan fingerprint density at radius 3 is 0.718 bits per heavy atom. The smallest absolute Gasteiger partial charge is 0.399 e. The molecule has 0 spiro atoms. The van der Waals surface area contributed by atoms with Crippen molar-refractivity contribution in [2.45, 2.75) is 527 Å². The van der Waals surface area contributed by atoms with Gasteiger partial charge < -0.3 is 28.9 Å². The van der Waals surface area contributed by atoms with E-state index in [1.54, 1.807) is 56.7 Å². The van der Waals surface area contributed by atoms with Gasteiger partial charge in [-0.15, -0.1) is 68.0 Å². The van der Waals surface area contributed by atoms with Crippen LogP contribution >= 0.6 is 111 Å². The van der Waals surface area contributed by atoms with Crippen molar-refractivity contribution < 1.29 is 28.5 Å². The molecular formula is C129H201BBr2N4O6S7. The van der Waals surface area contributed by atoms with Gasteiger partial charge in [-0.05, 0) is 273 Å². The lowest BCUT2D eigenvalue weighted by Crippen LogP contribution is -2.41. The summed E-state index contributed by atoms with van der Waals surface area (Å²) < 4.78 is 15.4. The molecular weight excluding hydrogens is 2100 g/mol. The molecule has 4 amide bonds. The van der Waals surface area contributed by atoms with E-state index in [0.29, 0.717) is 72.1 Å². The van der Waals surface area contributed by atoms with E-state index in [9.17, 15) is 0 Å². The third kappa shape index (κ3) is 40.3. The Balaban J connectivity index is 0.000000285. The molecule has 10 nitrogen and oxygen atoms in total. The molecule has 149 heavy (non-hydrogen) atoms. The fourth-order valence-electron chi connectivity index (χ4n) is 22.4. The molecule has 1 saturated heterocycles. The Labute approximate surface area is 954 Å². The fourth-order valence-corrected chi connectivity index (χ4v) is 30.4. The lowest BCUT2D eigenvalue weighted by molar-refractivity contribution is -0.124. The van der Waals surface area contributed by atoms with E-state index in [1.807, 2.05) is 32.5 Å². The minimum absolute atomic E-state index is 0. The van der Waals surface area contributed by atoms with Crippen LogP contribution in [-0.4, -0.2) is 87.7 Å². The summed E-state index contributed by atoms with van der Waals surface area (Å²) in [4.78, 5) is 79.6. The van der Waals surface area contributed by atoms with Crippen LogP contribution in [0, 0.1) is 23.7 Å². The summed E-state index contributed by atoms with van der Waals surface area (Å²) in [5.74, 6) is 1.79. The van der Waals surface area contributed by atoms with E-state index in [1.165, 1.54) is 381 Å². The number of rotatable bonds is 78. The number of carbonyl (C=O) groups is 4. The highest BCUT2D eigenvalue weighted by atomic mass is 79.9. The highest BCUT2D eigenvalue weighted by Crippen LogP contribution is 2.55. The zero-order valence-corrected chi connectivity index (χ0v) is 104. The van der Waals surface area contributed by atoms with Gasteiger partial charge in [-0.1, -0.05) is 398 Å². The number of fused-ring (bicyclic) bond motifs is 2. The van der Waals surface area contributed by atoms with Crippen molar-refractivity contribution >= 4 is 170 Å². The molecule has 4 atom stereocenters. The number of hydrogen-bond acceptors (Lipinski definition) is 13. The lowest BCUT2D eigenvalue weighted by atomic mass is 9.87. The van der Waals surface area contributed by atoms with Crippen molar-refractivity contribution in [2.75, 3.05) is 26.2 Å². The molecule has 7 aromatic heterocycles. The van der Waals surface area contributed by atoms with Crippen LogP contribution in [0.4, 0.5) is 0 Å². The summed E-state index contributed by atoms with van der Waals surface area (Å²) >= 11 is 19.8. The summed E-state index contributed by atoms with van der Waals surface area (Å²) in [5, 5.41) is 6.97. The van der Waals surface area contributed by atoms with Gasteiger partial charge >= 0.3 is 7.12 Å². The molecule has 12 heterocycles. The number of hydrogen-bond donors (Lipinski definition) is 0. The second kappa shape index (κ2) is 71.2. The van der Waals surface area contributed by atoms with Crippen molar-refractivity contribution in [3.63, 3.8) is 0 Å². The van der Waals surface area contributed by atoms with Crippen LogP contribution in [0.5, 0.6) is 0 Å². The van der Waals surface area contributed by atoms with Gasteiger partial charge in [0, 0.05) is 50.5 Å². The number of halogens is 2. The number of nitrogens with zero attached hydrogens (tertiary/aromatic N) is 4. The second-order valence-corrected chi connectivity index (χ2v) is 55.1. The molecule has 4 unspecified atom stereocenters. The van der Waals surface area contributed by atoms with Crippen LogP contribution < -0.4 is 4.78 Å². The molecule has 5 aliphatic rings. The average molecular weight is 2300 g/mol. The van der Waals surface area contributed by atoms with Crippen LogP contribution in [0.25, 0.3) is 42.3 Å². The SMILES string of the molecule is C.CCCCCCCCC(CCCCCC)CN1C(=O)C2=C(c3ccc(-c4cc(CCCCCC)cs4)s3)N(CC(CCCCCC)CCCCCCCC)C(=O)C2=C1c1ccc(-c2cc(CCCCCC)cs2)s1.CCCCCCCCC(CCCCCC)CN1C(=O)C2=C(c3ccc(Br)s3)N(CC(CCCCCC)CCCCCCCC)C(=O)C2=C1c1ccc(Br)s1.CCCCCCc1csc(B2OC(C)(C)C(C)(C)O2)c1. The largest absolute Gasteiger partial charge is 0.505 e. The normalized spacial score (nSPS) is 15.8. The monoisotopic (exact) mass is 2300 g/mol. The van der Waals surface area contributed by atoms with Gasteiger partial charge in [0.2, 0.25) is 0 Å². The van der Waals surface area contributed by atoms with E-state index in [2.05, 4.69) is 228 Å². The molecule has 0 bridgehead atoms. The van der Waals surface area contributed by atoms with Crippen LogP contribution in [-0.2, 0) is 47.7 Å². The van der Waals surface area contributed by atoms with E-state index in [4.69, 9.17) is 9.31 Å². The maximum absolute atomic E-state index is 15.9. The minimum atomic E-state index is -0.247. The Morgan fingerprint density at radius 1 is 0.262 bits per heavy atom. The number of thiophene rings is 7. The standard InChI is InChI=1S/C66H100N2O2S4.C46H70Br2N2O2S2.C16H27BO2S.CH4/c1-7-13-19-25-27-33-37-51(35-29-21-15-9-3)47-67-63(57-43-41-55(73-57)59-45-53(49-71-59)39-31-23-17-11-5)61-62(65(67)69)64(58-44-42-56(74-58)60-46-54(50-72-60)40-32-24-18-12-6)68(66(61)70)48-52(36-30-22-16-10-4)38-34-28-26-20-14-8-2;1-5-9-13-17-19-23-27-35(25-21-15-11-7-3)33-49-43(37-29-31-39(47)53-37)41-42(45(49)51)44(38-30-32-40(48)54-38)50(46(41)52)34-36(26-22-16-12-8-4)28-24-20-18-14-10-6-2;1-6-7-8-9-10-13-11-14(20-12-13)17-18-15(2,3)16(4,5)19-17;/h41-46,49-52H,7-40,47-48H2,1-6H3;29-32,35-36H,5-28,33-34H2,1-4H3;11-12H,6-10H2,1-5H3;1H4. The van der Waals surface area contributed by atoms with Crippen LogP contribution in [0.2, 0.25) is 0 Å². The van der Waals surface area contributed by atoms with E-state index < -0.39 is 0 Å². The Kier molecular flexibility index (Phi) is 61.2. The van der Waals surface area contributed by atoms with Crippen molar-refractivity contribution in [3.05, 3.63) is 149 Å². The van der Waals surface area contributed by atoms with E-state index in [0.717, 1.165) is 114 Å². The summed E-state index contributed by atoms with van der Waals surface area (Å²) in [6.07, 6.45) is 78.3. The van der Waals surface area contributed by atoms with Crippen molar-refractivity contribution in [2.24, 2.45) is 23.7 Å². The first-order valence-corrected chi connectivity index (χ1v) is 68.1. The first-order chi connectivity index (χ1) is 72.0. The molecule has 0 saturated carbocycles. The maximum atomic E-state index is 15.9. The van der Waals surface area contributed by atoms with Gasteiger partial charge in [0.25, 0.3) is 23.6 Å². The first-order valence-electron chi connectivity index (χ1n) is 60.6. The molecule has 0 aromatic carbocycles. The number of unbranched alkanes of at least 4 members (excludes halogenated alkanes) is 41. The number of carbonyl (C=O) groups excluding carboxylic acids is 4. The maximum Gasteiger partial charge on any atom is 0.505 e. The second-order valence-electron chi connectivity index (χ2n) is 45.2. The summed E-state index contributed by atoms with van der Waals surface area (Å²) in [7, 11) is -0.200. The summed E-state index contributed by atoms with van der Waals surface area (Å²) in [6, 6.07) is 24.5. The highest BCUT2D eigenvalue weighted by molar-refractivity contribution is 9.11. The molecule has 5 aliphatic heterocycles. The first kappa shape index (κ1) is 128. The fraction of sp³-hybridized carbons (Fsp3) is 0.690. The van der Waals surface area contributed by atoms with Gasteiger partial charge in [0.05, 0.1) is 83.4 Å². The molecule has 0 N–H and O–H groups in total. The van der Waals surface area contributed by atoms with Crippen LogP contribution in [0.1, 0.15) is 533 Å². The van der Waals surface area contributed by atoms with Crippen molar-refractivity contribution in [1.29, 1.82) is 0 Å². The van der Waals surface area contributed by atoms with Gasteiger partial charge in [0.1, 0.15) is 0 Å². The predicted octanol–water partition coefficient (Wildman–Crippen LogP) is 42.6. The Morgan fingerprint density at radius 2 is 0.470 bits per heavy atom. The van der Waals surface area contributed by atoms with E-state index >= 15 is 19.2 Å². The van der Waals surface area contributed by atoms with Gasteiger partial charge in [-0.2, -0.15) is 11.3 Å². The third-order valence-corrected chi connectivity index (χ3v) is 40.9.